The van der Waals surface area contributed by atoms with E-state index in [0.717, 1.165) is 31.5 Å². The predicted octanol–water partition coefficient (Wildman–Crippen LogP) is 2.57. The summed E-state index contributed by atoms with van der Waals surface area (Å²) in [7, 11) is 0. The number of aromatic nitrogens is 3. The molecule has 0 aliphatic carbocycles. The Bertz CT molecular complexity index is 627. The predicted molar refractivity (Wildman–Crippen MR) is 81.6 cm³/mol. The van der Waals surface area contributed by atoms with Gasteiger partial charge in [0.25, 0.3) is 5.91 Å². The number of carbonyl (C=O) groups is 1. The number of piperidine rings is 1. The van der Waals surface area contributed by atoms with E-state index in [4.69, 9.17) is 4.74 Å². The van der Waals surface area contributed by atoms with Crippen molar-refractivity contribution in [3.63, 3.8) is 0 Å². The quantitative estimate of drug-likeness (QED) is 0.942. The molecule has 1 atom stereocenters. The van der Waals surface area contributed by atoms with Crippen LogP contribution in [0.5, 0.6) is 5.88 Å². The monoisotopic (exact) mass is 300 g/mol. The van der Waals surface area contributed by atoms with Crippen LogP contribution in [0.15, 0.2) is 30.6 Å². The summed E-state index contributed by atoms with van der Waals surface area (Å²) in [6, 6.07) is 5.52. The molecular weight excluding hydrogens is 280 g/mol. The maximum absolute atomic E-state index is 13.0. The van der Waals surface area contributed by atoms with Crippen molar-refractivity contribution in [1.82, 2.24) is 20.1 Å². The van der Waals surface area contributed by atoms with Gasteiger partial charge in [0, 0.05) is 18.9 Å². The molecule has 6 heteroatoms. The summed E-state index contributed by atoms with van der Waals surface area (Å²) in [6.07, 6.45) is 6.43. The normalized spacial score (nSPS) is 18.2. The molecule has 0 bridgehead atoms. The van der Waals surface area contributed by atoms with Gasteiger partial charge in [0.1, 0.15) is 5.56 Å². The molecule has 1 fully saturated rings. The van der Waals surface area contributed by atoms with Gasteiger partial charge >= 0.3 is 0 Å². The lowest BCUT2D eigenvalue weighted by Crippen LogP contribution is -2.39. The van der Waals surface area contributed by atoms with Crippen LogP contribution in [0.4, 0.5) is 0 Å². The van der Waals surface area contributed by atoms with Crippen molar-refractivity contribution in [2.45, 2.75) is 32.2 Å². The maximum Gasteiger partial charge on any atom is 0.259 e. The summed E-state index contributed by atoms with van der Waals surface area (Å²) in [6.45, 7) is 3.11. The molecule has 0 radical (unpaired) electrons. The highest BCUT2D eigenvalue weighted by molar-refractivity contribution is 5.96. The van der Waals surface area contributed by atoms with Crippen LogP contribution in [-0.2, 0) is 0 Å². The number of pyridine rings is 1. The van der Waals surface area contributed by atoms with Gasteiger partial charge in [-0.2, -0.15) is 5.10 Å². The number of likely N-dealkylation sites (tertiary alicyclic amines) is 1. The number of hydrogen-bond donors (Lipinski definition) is 1. The smallest absolute Gasteiger partial charge is 0.259 e. The fourth-order valence-electron chi connectivity index (χ4n) is 2.91. The first-order valence-electron chi connectivity index (χ1n) is 7.69. The minimum Gasteiger partial charge on any atom is -0.477 e. The molecule has 1 saturated heterocycles. The van der Waals surface area contributed by atoms with Crippen molar-refractivity contribution < 1.29 is 9.53 Å². The van der Waals surface area contributed by atoms with Gasteiger partial charge in [-0.05, 0) is 44.4 Å². The average molecular weight is 300 g/mol. The highest BCUT2D eigenvalue weighted by Gasteiger charge is 2.31. The van der Waals surface area contributed by atoms with Crippen LogP contribution >= 0.6 is 0 Å². The third-order valence-corrected chi connectivity index (χ3v) is 3.93. The summed E-state index contributed by atoms with van der Waals surface area (Å²) in [5.41, 5.74) is 1.51. The van der Waals surface area contributed by atoms with E-state index in [1.807, 2.05) is 17.9 Å². The maximum atomic E-state index is 13.0. The molecule has 1 N–H and O–H groups in total. The molecule has 1 aliphatic rings. The number of amides is 1. The number of H-pyrrole nitrogens is 1. The van der Waals surface area contributed by atoms with Crippen molar-refractivity contribution in [2.75, 3.05) is 13.2 Å². The van der Waals surface area contributed by atoms with Crippen molar-refractivity contribution >= 4 is 5.91 Å². The molecule has 0 aromatic carbocycles. The number of nitrogens with zero attached hydrogens (tertiary/aromatic N) is 3. The number of ether oxygens (including phenoxy) is 1. The van der Waals surface area contributed by atoms with E-state index < -0.39 is 0 Å². The topological polar surface area (TPSA) is 71.1 Å². The van der Waals surface area contributed by atoms with Crippen LogP contribution in [-0.4, -0.2) is 39.1 Å². The lowest BCUT2D eigenvalue weighted by atomic mass is 9.98. The van der Waals surface area contributed by atoms with Gasteiger partial charge in [-0.1, -0.05) is 0 Å². The number of aromatic amines is 1. The van der Waals surface area contributed by atoms with E-state index in [2.05, 4.69) is 15.2 Å². The van der Waals surface area contributed by atoms with E-state index in [0.29, 0.717) is 18.1 Å². The molecule has 3 rings (SSSR count). The number of carbonyl (C=O) groups excluding carboxylic acids is 1. The summed E-state index contributed by atoms with van der Waals surface area (Å²) in [4.78, 5) is 19.1. The molecule has 0 saturated carbocycles. The third-order valence-electron chi connectivity index (χ3n) is 3.93. The fraction of sp³-hybridized carbons (Fsp3) is 0.438. The van der Waals surface area contributed by atoms with E-state index in [1.165, 1.54) is 0 Å². The van der Waals surface area contributed by atoms with Crippen molar-refractivity contribution in [1.29, 1.82) is 0 Å². The Balaban J connectivity index is 1.89. The molecule has 3 heterocycles. The van der Waals surface area contributed by atoms with Gasteiger partial charge < -0.3 is 9.64 Å². The first-order chi connectivity index (χ1) is 10.8. The molecule has 1 aliphatic heterocycles. The molecule has 1 unspecified atom stereocenters. The average Bonchev–Trinajstić information content (AvgIpc) is 3.09. The summed E-state index contributed by atoms with van der Waals surface area (Å²) < 4.78 is 5.50. The first-order valence-corrected chi connectivity index (χ1v) is 7.69. The van der Waals surface area contributed by atoms with Gasteiger partial charge in [-0.15, -0.1) is 0 Å². The highest BCUT2D eigenvalue weighted by atomic mass is 16.5. The van der Waals surface area contributed by atoms with E-state index in [1.54, 1.807) is 24.5 Å². The standard InChI is InChI=1S/C16H20N4O2/c1-2-22-15-12(6-5-9-17-15)16(21)20-11-4-3-7-14(20)13-8-10-18-19-13/h5-6,8-10,14H,2-4,7,11H2,1H3,(H,18,19). The lowest BCUT2D eigenvalue weighted by molar-refractivity contribution is 0.0601. The molecule has 2 aromatic rings. The van der Waals surface area contributed by atoms with E-state index in [-0.39, 0.29) is 11.9 Å². The van der Waals surface area contributed by atoms with E-state index >= 15 is 0 Å². The SMILES string of the molecule is CCOc1ncccc1C(=O)N1CCCCC1c1ccn[nH]1. The molecule has 1 amide bonds. The van der Waals surface area contributed by atoms with Gasteiger partial charge in [0.2, 0.25) is 5.88 Å². The van der Waals surface area contributed by atoms with Crippen molar-refractivity contribution in [2.24, 2.45) is 0 Å². The highest BCUT2D eigenvalue weighted by Crippen LogP contribution is 2.32. The minimum atomic E-state index is -0.0316. The van der Waals surface area contributed by atoms with Gasteiger partial charge in [0.15, 0.2) is 0 Å². The minimum absolute atomic E-state index is 0.0316. The fourth-order valence-corrected chi connectivity index (χ4v) is 2.91. The Kier molecular flexibility index (Phi) is 4.37. The van der Waals surface area contributed by atoms with Crippen LogP contribution in [0.1, 0.15) is 48.3 Å². The Morgan fingerprint density at radius 1 is 1.41 bits per heavy atom. The Morgan fingerprint density at radius 3 is 3.09 bits per heavy atom. The molecule has 6 nitrogen and oxygen atoms in total. The summed E-state index contributed by atoms with van der Waals surface area (Å²) in [5.74, 6) is 0.375. The number of hydrogen-bond acceptors (Lipinski definition) is 4. The summed E-state index contributed by atoms with van der Waals surface area (Å²) in [5, 5.41) is 7.00. The number of nitrogens with one attached hydrogen (secondary N) is 1. The van der Waals surface area contributed by atoms with Crippen LogP contribution in [0.3, 0.4) is 0 Å². The third kappa shape index (κ3) is 2.81. The largest absolute Gasteiger partial charge is 0.477 e. The molecular formula is C16H20N4O2. The van der Waals surface area contributed by atoms with Gasteiger partial charge in [-0.25, -0.2) is 4.98 Å². The van der Waals surface area contributed by atoms with Crippen LogP contribution < -0.4 is 4.74 Å². The van der Waals surface area contributed by atoms with Crippen molar-refractivity contribution in [3.05, 3.63) is 41.9 Å². The molecule has 0 spiro atoms. The van der Waals surface area contributed by atoms with Crippen LogP contribution in [0.2, 0.25) is 0 Å². The Labute approximate surface area is 129 Å². The van der Waals surface area contributed by atoms with E-state index in [9.17, 15) is 4.79 Å². The molecule has 22 heavy (non-hydrogen) atoms. The molecule has 2 aromatic heterocycles. The van der Waals surface area contributed by atoms with Gasteiger partial charge in [-0.3, -0.25) is 9.89 Å². The second-order valence-electron chi connectivity index (χ2n) is 5.31. The van der Waals surface area contributed by atoms with Crippen LogP contribution in [0.25, 0.3) is 0 Å². The second-order valence-corrected chi connectivity index (χ2v) is 5.31. The zero-order valence-corrected chi connectivity index (χ0v) is 12.7. The lowest BCUT2D eigenvalue weighted by Gasteiger charge is -2.35. The number of rotatable bonds is 4. The zero-order valence-electron chi connectivity index (χ0n) is 12.7. The second kappa shape index (κ2) is 6.60. The first kappa shape index (κ1) is 14.6. The summed E-state index contributed by atoms with van der Waals surface area (Å²) >= 11 is 0. The van der Waals surface area contributed by atoms with Crippen LogP contribution in [0, 0.1) is 0 Å². The molecule has 116 valence electrons. The Morgan fingerprint density at radius 2 is 2.32 bits per heavy atom. The zero-order chi connectivity index (χ0) is 15.4. The Hall–Kier alpha value is -2.37. The van der Waals surface area contributed by atoms with Gasteiger partial charge in [0.05, 0.1) is 18.3 Å². The van der Waals surface area contributed by atoms with Crippen molar-refractivity contribution in [3.8, 4) is 5.88 Å².